The summed E-state index contributed by atoms with van der Waals surface area (Å²) in [5, 5.41) is 0. The minimum atomic E-state index is 0. The Morgan fingerprint density at radius 2 is 1.85 bits per heavy atom. The van der Waals surface area contributed by atoms with Crippen molar-refractivity contribution in [3.8, 4) is 0 Å². The van der Waals surface area contributed by atoms with Gasteiger partial charge in [0.2, 0.25) is 0 Å². The molecule has 0 N–H and O–H groups in total. The minimum absolute atomic E-state index is 0. The normalized spacial score (nSPS) is 9.85. The molecule has 0 nitrogen and oxygen atoms in total. The molecule has 0 spiro atoms. The standard InChI is InChI=1S/C11H16S.Ba.2H/c1-9(2)7-8-10-5-3-4-6-11(10)12;;;/h3-6,9,12H,7-8H2,1-2H3;;;. The van der Waals surface area contributed by atoms with Crippen LogP contribution in [0.2, 0.25) is 0 Å². The third kappa shape index (κ3) is 5.55. The van der Waals surface area contributed by atoms with Gasteiger partial charge < -0.3 is 0 Å². The van der Waals surface area contributed by atoms with Crippen molar-refractivity contribution in [2.75, 3.05) is 0 Å². The van der Waals surface area contributed by atoms with Crippen LogP contribution in [0.4, 0.5) is 0 Å². The van der Waals surface area contributed by atoms with Crippen LogP contribution in [0.5, 0.6) is 0 Å². The molecule has 0 radical (unpaired) electrons. The Morgan fingerprint density at radius 3 is 2.38 bits per heavy atom. The van der Waals surface area contributed by atoms with Gasteiger partial charge in [0.15, 0.2) is 0 Å². The Bertz CT molecular complexity index is 246. The molecule has 0 unspecified atom stereocenters. The molecule has 0 heterocycles. The van der Waals surface area contributed by atoms with Crippen LogP contribution < -0.4 is 0 Å². The van der Waals surface area contributed by atoms with E-state index in [1.54, 1.807) is 0 Å². The van der Waals surface area contributed by atoms with Gasteiger partial charge >= 0.3 is 48.9 Å². The molecule has 1 rings (SSSR count). The van der Waals surface area contributed by atoms with Crippen LogP contribution >= 0.6 is 12.6 Å². The van der Waals surface area contributed by atoms with Crippen LogP contribution in [0.15, 0.2) is 29.2 Å². The summed E-state index contributed by atoms with van der Waals surface area (Å²) in [6, 6.07) is 8.32. The average Bonchev–Trinajstić information content (AvgIpc) is 2.03. The molecule has 70 valence electrons. The van der Waals surface area contributed by atoms with Crippen LogP contribution in [-0.4, -0.2) is 48.9 Å². The fraction of sp³-hybridized carbons (Fsp3) is 0.455. The zero-order valence-electron chi connectivity index (χ0n) is 7.75. The van der Waals surface area contributed by atoms with Gasteiger partial charge in [-0.1, -0.05) is 32.0 Å². The van der Waals surface area contributed by atoms with Crippen molar-refractivity contribution in [1.29, 1.82) is 0 Å². The summed E-state index contributed by atoms with van der Waals surface area (Å²) in [7, 11) is 0. The number of hydrogen-bond donors (Lipinski definition) is 1. The van der Waals surface area contributed by atoms with Gasteiger partial charge in [0.25, 0.3) is 0 Å². The van der Waals surface area contributed by atoms with E-state index in [-0.39, 0.29) is 48.9 Å². The molecule has 0 amide bonds. The molecule has 0 fully saturated rings. The van der Waals surface area contributed by atoms with Crippen molar-refractivity contribution in [3.63, 3.8) is 0 Å². The van der Waals surface area contributed by atoms with E-state index in [0.717, 1.165) is 17.2 Å². The maximum atomic E-state index is 4.40. The van der Waals surface area contributed by atoms with Crippen LogP contribution in [0.3, 0.4) is 0 Å². The molecule has 0 aliphatic heterocycles. The van der Waals surface area contributed by atoms with E-state index >= 15 is 0 Å². The van der Waals surface area contributed by atoms with E-state index in [4.69, 9.17) is 0 Å². The topological polar surface area (TPSA) is 0 Å². The van der Waals surface area contributed by atoms with Crippen LogP contribution in [0, 0.1) is 5.92 Å². The third-order valence-electron chi connectivity index (χ3n) is 1.98. The van der Waals surface area contributed by atoms with Crippen molar-refractivity contribution in [2.24, 2.45) is 5.92 Å². The van der Waals surface area contributed by atoms with Crippen molar-refractivity contribution < 1.29 is 0 Å². The van der Waals surface area contributed by atoms with E-state index < -0.39 is 0 Å². The van der Waals surface area contributed by atoms with Crippen molar-refractivity contribution in [2.45, 2.75) is 31.6 Å². The molecule has 0 aliphatic rings. The molecule has 0 saturated heterocycles. The zero-order valence-corrected chi connectivity index (χ0v) is 8.64. The molecule has 13 heavy (non-hydrogen) atoms. The summed E-state index contributed by atoms with van der Waals surface area (Å²) in [5.41, 5.74) is 1.37. The van der Waals surface area contributed by atoms with Crippen LogP contribution in [-0.2, 0) is 6.42 Å². The van der Waals surface area contributed by atoms with Crippen molar-refractivity contribution in [3.05, 3.63) is 29.8 Å². The predicted molar refractivity (Wildman–Crippen MR) is 65.4 cm³/mol. The third-order valence-corrected chi connectivity index (χ3v) is 2.42. The molecule has 0 aromatic heterocycles. The number of thiol groups is 1. The first-order valence-corrected chi connectivity index (χ1v) is 4.91. The first-order valence-electron chi connectivity index (χ1n) is 4.47. The van der Waals surface area contributed by atoms with E-state index in [0.29, 0.717) is 0 Å². The van der Waals surface area contributed by atoms with Gasteiger partial charge in [0.1, 0.15) is 0 Å². The molecule has 2 heteroatoms. The Morgan fingerprint density at radius 1 is 1.23 bits per heavy atom. The van der Waals surface area contributed by atoms with Crippen LogP contribution in [0.1, 0.15) is 25.8 Å². The van der Waals surface area contributed by atoms with Crippen molar-refractivity contribution in [1.82, 2.24) is 0 Å². The van der Waals surface area contributed by atoms with E-state index in [1.165, 1.54) is 12.0 Å². The number of aryl methyl sites for hydroxylation is 1. The van der Waals surface area contributed by atoms with Gasteiger partial charge in [-0.15, -0.1) is 12.6 Å². The number of benzene rings is 1. The molecule has 0 atom stereocenters. The second-order valence-corrected chi connectivity index (χ2v) is 4.04. The summed E-state index contributed by atoms with van der Waals surface area (Å²) in [4.78, 5) is 1.12. The molecular formula is C11H18BaS. The van der Waals surface area contributed by atoms with E-state index in [2.05, 4.69) is 44.7 Å². The monoisotopic (exact) mass is 320 g/mol. The molecule has 0 aliphatic carbocycles. The van der Waals surface area contributed by atoms with Gasteiger partial charge in [-0.2, -0.15) is 0 Å². The second kappa shape index (κ2) is 7.44. The Kier molecular flexibility index (Phi) is 8.09. The summed E-state index contributed by atoms with van der Waals surface area (Å²) in [6.07, 6.45) is 2.40. The molecular weight excluding hydrogens is 302 g/mol. The van der Waals surface area contributed by atoms with Crippen LogP contribution in [0.25, 0.3) is 0 Å². The fourth-order valence-corrected chi connectivity index (χ4v) is 1.44. The summed E-state index contributed by atoms with van der Waals surface area (Å²) in [6.45, 7) is 4.50. The average molecular weight is 320 g/mol. The Balaban J connectivity index is 0.00000144. The first-order chi connectivity index (χ1) is 5.70. The number of hydrogen-bond acceptors (Lipinski definition) is 1. The second-order valence-electron chi connectivity index (χ2n) is 3.56. The summed E-state index contributed by atoms with van der Waals surface area (Å²) >= 11 is 4.40. The van der Waals surface area contributed by atoms with Gasteiger partial charge in [-0.25, -0.2) is 0 Å². The van der Waals surface area contributed by atoms with Gasteiger partial charge in [-0.05, 0) is 30.4 Å². The van der Waals surface area contributed by atoms with E-state index in [9.17, 15) is 0 Å². The van der Waals surface area contributed by atoms with Gasteiger partial charge in [-0.3, -0.25) is 0 Å². The first kappa shape index (κ1) is 14.1. The quantitative estimate of drug-likeness (QED) is 0.643. The fourth-order valence-electron chi connectivity index (χ4n) is 1.17. The number of rotatable bonds is 3. The molecule has 0 saturated carbocycles. The Labute approximate surface area is 127 Å². The molecule has 0 bridgehead atoms. The molecule has 1 aromatic carbocycles. The summed E-state index contributed by atoms with van der Waals surface area (Å²) < 4.78 is 0. The summed E-state index contributed by atoms with van der Waals surface area (Å²) in [5.74, 6) is 0.776. The maximum absolute atomic E-state index is 4.40. The predicted octanol–water partition coefficient (Wildman–Crippen LogP) is 2.65. The molecule has 1 aromatic rings. The zero-order chi connectivity index (χ0) is 8.97. The SMILES string of the molecule is CC(C)CCc1ccccc1S.[BaH2]. The Hall–Kier alpha value is 1.14. The van der Waals surface area contributed by atoms with Crippen molar-refractivity contribution >= 4 is 61.5 Å². The van der Waals surface area contributed by atoms with E-state index in [1.807, 2.05) is 6.07 Å². The van der Waals surface area contributed by atoms with Gasteiger partial charge in [0.05, 0.1) is 0 Å². The van der Waals surface area contributed by atoms with Gasteiger partial charge in [0, 0.05) is 4.90 Å².